The third-order valence-corrected chi connectivity index (χ3v) is 3.42. The highest BCUT2D eigenvalue weighted by atomic mass is 16.5. The summed E-state index contributed by atoms with van der Waals surface area (Å²) in [5.74, 6) is 0.292. The van der Waals surface area contributed by atoms with E-state index >= 15 is 0 Å². The number of nitrogens with one attached hydrogen (secondary N) is 1. The van der Waals surface area contributed by atoms with E-state index < -0.39 is 0 Å². The summed E-state index contributed by atoms with van der Waals surface area (Å²) in [6.45, 7) is 1.66. The second kappa shape index (κ2) is 4.89. The first-order valence-corrected chi connectivity index (χ1v) is 6.26. The molecule has 3 rings (SSSR count). The van der Waals surface area contributed by atoms with E-state index in [1.165, 1.54) is 0 Å². The van der Waals surface area contributed by atoms with Gasteiger partial charge in [-0.15, -0.1) is 0 Å². The summed E-state index contributed by atoms with van der Waals surface area (Å²) in [5.41, 5.74) is 1.07. The highest BCUT2D eigenvalue weighted by Gasteiger charge is 2.31. The molecular formula is C13H16N4O2. The number of rotatable bonds is 2. The van der Waals surface area contributed by atoms with E-state index in [1.54, 1.807) is 12.4 Å². The Bertz CT molecular complexity index is 561. The number of morpholine rings is 1. The Kier molecular flexibility index (Phi) is 3.08. The number of aromatic nitrogens is 3. The van der Waals surface area contributed by atoms with Gasteiger partial charge in [0.25, 0.3) is 5.91 Å². The number of carbonyl (C=O) groups is 1. The van der Waals surface area contributed by atoms with Crippen LogP contribution < -0.4 is 0 Å². The lowest BCUT2D eigenvalue weighted by atomic mass is 10.1. The molecule has 0 aromatic carbocycles. The molecule has 6 nitrogen and oxygen atoms in total. The third-order valence-electron chi connectivity index (χ3n) is 3.42. The van der Waals surface area contributed by atoms with Crippen LogP contribution in [0.1, 0.15) is 22.4 Å². The van der Waals surface area contributed by atoms with Gasteiger partial charge < -0.3 is 19.2 Å². The minimum Gasteiger partial charge on any atom is -0.377 e. The van der Waals surface area contributed by atoms with Crippen molar-refractivity contribution in [2.45, 2.75) is 6.04 Å². The van der Waals surface area contributed by atoms with Gasteiger partial charge in [0, 0.05) is 37.9 Å². The van der Waals surface area contributed by atoms with E-state index in [4.69, 9.17) is 4.74 Å². The standard InChI is InChI=1S/C13H16N4O2/c1-16-6-2-3-10(16)11-9-19-8-7-17(11)13(18)12-14-4-5-15-12/h2-6,11H,7-9H2,1H3,(H,14,15). The first kappa shape index (κ1) is 12.0. The fourth-order valence-electron chi connectivity index (χ4n) is 2.43. The minimum absolute atomic E-state index is 0.0636. The predicted molar refractivity (Wildman–Crippen MR) is 68.6 cm³/mol. The van der Waals surface area contributed by atoms with Crippen molar-refractivity contribution < 1.29 is 9.53 Å². The minimum atomic E-state index is -0.0838. The number of nitrogens with zero attached hydrogens (tertiary/aromatic N) is 3. The second-order valence-corrected chi connectivity index (χ2v) is 4.57. The van der Waals surface area contributed by atoms with Gasteiger partial charge in [-0.2, -0.15) is 0 Å². The molecule has 1 fully saturated rings. The molecule has 3 heterocycles. The Hall–Kier alpha value is -2.08. The molecule has 1 saturated heterocycles. The lowest BCUT2D eigenvalue weighted by Crippen LogP contribution is -2.44. The van der Waals surface area contributed by atoms with E-state index in [-0.39, 0.29) is 11.9 Å². The second-order valence-electron chi connectivity index (χ2n) is 4.57. The molecule has 0 spiro atoms. The molecule has 1 aliphatic heterocycles. The molecule has 0 radical (unpaired) electrons. The van der Waals surface area contributed by atoms with Crippen molar-refractivity contribution in [2.24, 2.45) is 7.05 Å². The number of hydrogen-bond acceptors (Lipinski definition) is 3. The molecule has 1 atom stereocenters. The van der Waals surface area contributed by atoms with Crippen LogP contribution in [0.5, 0.6) is 0 Å². The summed E-state index contributed by atoms with van der Waals surface area (Å²) < 4.78 is 7.54. The van der Waals surface area contributed by atoms with Crippen LogP contribution in [-0.4, -0.2) is 45.1 Å². The Balaban J connectivity index is 1.90. The molecule has 6 heteroatoms. The molecule has 1 amide bonds. The highest BCUT2D eigenvalue weighted by molar-refractivity contribution is 5.90. The number of imidazole rings is 1. The van der Waals surface area contributed by atoms with Crippen molar-refractivity contribution in [2.75, 3.05) is 19.8 Å². The number of carbonyl (C=O) groups excluding carboxylic acids is 1. The molecule has 1 unspecified atom stereocenters. The Labute approximate surface area is 111 Å². The lowest BCUT2D eigenvalue weighted by molar-refractivity contribution is -0.00521. The predicted octanol–water partition coefficient (Wildman–Crippen LogP) is 0.962. The quantitative estimate of drug-likeness (QED) is 0.875. The maximum atomic E-state index is 12.4. The van der Waals surface area contributed by atoms with Crippen LogP contribution >= 0.6 is 0 Å². The number of hydrogen-bond donors (Lipinski definition) is 1. The van der Waals surface area contributed by atoms with Crippen LogP contribution in [0.4, 0.5) is 0 Å². The fraction of sp³-hybridized carbons (Fsp3) is 0.385. The zero-order valence-electron chi connectivity index (χ0n) is 10.7. The van der Waals surface area contributed by atoms with Gasteiger partial charge in [0.15, 0.2) is 5.82 Å². The number of aryl methyl sites for hydroxylation is 1. The normalized spacial score (nSPS) is 19.6. The summed E-state index contributed by atoms with van der Waals surface area (Å²) in [6.07, 6.45) is 5.22. The van der Waals surface area contributed by atoms with Crippen molar-refractivity contribution in [3.05, 3.63) is 42.2 Å². The van der Waals surface area contributed by atoms with Crippen molar-refractivity contribution >= 4 is 5.91 Å². The van der Waals surface area contributed by atoms with Gasteiger partial charge in [0.2, 0.25) is 0 Å². The smallest absolute Gasteiger partial charge is 0.290 e. The van der Waals surface area contributed by atoms with Crippen LogP contribution in [0.15, 0.2) is 30.7 Å². The van der Waals surface area contributed by atoms with E-state index in [1.807, 2.05) is 34.8 Å². The Morgan fingerprint density at radius 2 is 2.47 bits per heavy atom. The van der Waals surface area contributed by atoms with Gasteiger partial charge in [-0.05, 0) is 12.1 Å². The molecule has 1 N–H and O–H groups in total. The largest absolute Gasteiger partial charge is 0.377 e. The van der Waals surface area contributed by atoms with Crippen molar-refractivity contribution in [3.63, 3.8) is 0 Å². The van der Waals surface area contributed by atoms with Gasteiger partial charge >= 0.3 is 0 Å². The molecule has 19 heavy (non-hydrogen) atoms. The molecule has 2 aromatic rings. The lowest BCUT2D eigenvalue weighted by Gasteiger charge is -2.35. The van der Waals surface area contributed by atoms with Crippen molar-refractivity contribution in [1.82, 2.24) is 19.4 Å². The third kappa shape index (κ3) is 2.15. The summed E-state index contributed by atoms with van der Waals surface area (Å²) in [6, 6.07) is 3.92. The maximum Gasteiger partial charge on any atom is 0.290 e. The number of aromatic amines is 1. The fourth-order valence-corrected chi connectivity index (χ4v) is 2.43. The summed E-state index contributed by atoms with van der Waals surface area (Å²) in [4.78, 5) is 21.2. The Morgan fingerprint density at radius 3 is 3.16 bits per heavy atom. The summed E-state index contributed by atoms with van der Waals surface area (Å²) in [5, 5.41) is 0. The molecule has 1 aliphatic rings. The van der Waals surface area contributed by atoms with Crippen LogP contribution in [-0.2, 0) is 11.8 Å². The van der Waals surface area contributed by atoms with E-state index in [9.17, 15) is 4.79 Å². The van der Waals surface area contributed by atoms with Crippen molar-refractivity contribution in [1.29, 1.82) is 0 Å². The summed E-state index contributed by atoms with van der Waals surface area (Å²) in [7, 11) is 1.97. The SMILES string of the molecule is Cn1cccc1C1COCCN1C(=O)c1ncc[nH]1. The molecule has 100 valence electrons. The van der Waals surface area contributed by atoms with Crippen LogP contribution in [0.2, 0.25) is 0 Å². The van der Waals surface area contributed by atoms with Crippen LogP contribution in [0.25, 0.3) is 0 Å². The first-order chi connectivity index (χ1) is 9.27. The Morgan fingerprint density at radius 1 is 1.58 bits per heavy atom. The topological polar surface area (TPSA) is 63.1 Å². The van der Waals surface area contributed by atoms with Crippen LogP contribution in [0, 0.1) is 0 Å². The van der Waals surface area contributed by atoms with Crippen LogP contribution in [0.3, 0.4) is 0 Å². The van der Waals surface area contributed by atoms with E-state index in [0.29, 0.717) is 25.6 Å². The molecule has 2 aromatic heterocycles. The number of H-pyrrole nitrogens is 1. The average Bonchev–Trinajstić information content (AvgIpc) is 3.09. The zero-order chi connectivity index (χ0) is 13.2. The molecular weight excluding hydrogens is 244 g/mol. The molecule has 0 bridgehead atoms. The number of ether oxygens (including phenoxy) is 1. The molecule has 0 aliphatic carbocycles. The molecule has 0 saturated carbocycles. The van der Waals surface area contributed by atoms with E-state index in [0.717, 1.165) is 5.69 Å². The average molecular weight is 260 g/mol. The summed E-state index contributed by atoms with van der Waals surface area (Å²) >= 11 is 0. The van der Waals surface area contributed by atoms with Gasteiger partial charge in [-0.1, -0.05) is 0 Å². The van der Waals surface area contributed by atoms with Gasteiger partial charge in [-0.3, -0.25) is 4.79 Å². The van der Waals surface area contributed by atoms with Gasteiger partial charge in [0.1, 0.15) is 0 Å². The maximum absolute atomic E-state index is 12.4. The highest BCUT2D eigenvalue weighted by Crippen LogP contribution is 2.25. The zero-order valence-corrected chi connectivity index (χ0v) is 10.7. The first-order valence-electron chi connectivity index (χ1n) is 6.26. The van der Waals surface area contributed by atoms with Crippen molar-refractivity contribution in [3.8, 4) is 0 Å². The van der Waals surface area contributed by atoms with Gasteiger partial charge in [-0.25, -0.2) is 4.98 Å². The van der Waals surface area contributed by atoms with Gasteiger partial charge in [0.05, 0.1) is 19.3 Å². The monoisotopic (exact) mass is 260 g/mol. The van der Waals surface area contributed by atoms with E-state index in [2.05, 4.69) is 9.97 Å². The number of amides is 1.